The number of benzene rings is 1. The fourth-order valence-corrected chi connectivity index (χ4v) is 1.98. The van der Waals surface area contributed by atoms with Gasteiger partial charge in [-0.15, -0.1) is 0 Å². The molecule has 1 atom stereocenters. The molecule has 0 bridgehead atoms. The summed E-state index contributed by atoms with van der Waals surface area (Å²) in [6, 6.07) is 11.2. The Hall–Kier alpha value is -2.03. The highest BCUT2D eigenvalue weighted by Gasteiger charge is 2.36. The Bertz CT molecular complexity index is 525. The first kappa shape index (κ1) is 12.4. The standard InChI is InChI=1S/C15H16O3/c1-11-5-7-12(8-6-11)15(2,14(16)17)10-13-4-3-9-18-13/h3-9H,10H2,1-2H3,(H,16,17). The van der Waals surface area contributed by atoms with Gasteiger partial charge < -0.3 is 9.52 Å². The van der Waals surface area contributed by atoms with E-state index in [2.05, 4.69) is 0 Å². The van der Waals surface area contributed by atoms with Crippen LogP contribution in [0.15, 0.2) is 47.1 Å². The molecule has 94 valence electrons. The molecule has 18 heavy (non-hydrogen) atoms. The monoisotopic (exact) mass is 244 g/mol. The van der Waals surface area contributed by atoms with Crippen LogP contribution in [0.1, 0.15) is 23.8 Å². The predicted octanol–water partition coefficient (Wildman–Crippen LogP) is 3.17. The van der Waals surface area contributed by atoms with Gasteiger partial charge in [-0.2, -0.15) is 0 Å². The fourth-order valence-electron chi connectivity index (χ4n) is 1.98. The lowest BCUT2D eigenvalue weighted by molar-refractivity contribution is -0.143. The SMILES string of the molecule is Cc1ccc(C(C)(Cc2ccco2)C(=O)O)cc1. The van der Waals surface area contributed by atoms with E-state index in [4.69, 9.17) is 4.42 Å². The van der Waals surface area contributed by atoms with Crippen LogP contribution < -0.4 is 0 Å². The van der Waals surface area contributed by atoms with E-state index in [1.165, 1.54) is 0 Å². The minimum Gasteiger partial charge on any atom is -0.481 e. The summed E-state index contributed by atoms with van der Waals surface area (Å²) < 4.78 is 5.26. The lowest BCUT2D eigenvalue weighted by Gasteiger charge is -2.24. The smallest absolute Gasteiger partial charge is 0.314 e. The third-order valence-electron chi connectivity index (χ3n) is 3.27. The molecule has 0 saturated heterocycles. The average Bonchev–Trinajstić information content (AvgIpc) is 2.82. The molecule has 0 saturated carbocycles. The number of furan rings is 1. The summed E-state index contributed by atoms with van der Waals surface area (Å²) in [7, 11) is 0. The van der Waals surface area contributed by atoms with E-state index in [0.29, 0.717) is 12.2 Å². The van der Waals surface area contributed by atoms with E-state index in [0.717, 1.165) is 11.1 Å². The highest BCUT2D eigenvalue weighted by molar-refractivity contribution is 5.81. The van der Waals surface area contributed by atoms with Crippen LogP contribution >= 0.6 is 0 Å². The van der Waals surface area contributed by atoms with Crippen LogP contribution in [0, 0.1) is 6.92 Å². The maximum absolute atomic E-state index is 11.6. The van der Waals surface area contributed by atoms with Gasteiger partial charge in [0, 0.05) is 6.42 Å². The summed E-state index contributed by atoms with van der Waals surface area (Å²) in [5, 5.41) is 9.51. The van der Waals surface area contributed by atoms with Crippen LogP contribution in [-0.2, 0) is 16.6 Å². The Balaban J connectivity index is 2.37. The van der Waals surface area contributed by atoms with Gasteiger partial charge in [0.15, 0.2) is 0 Å². The molecular weight excluding hydrogens is 228 g/mol. The van der Waals surface area contributed by atoms with Gasteiger partial charge in [-0.05, 0) is 31.5 Å². The summed E-state index contributed by atoms with van der Waals surface area (Å²) in [6.07, 6.45) is 1.91. The largest absolute Gasteiger partial charge is 0.481 e. The molecular formula is C15H16O3. The van der Waals surface area contributed by atoms with E-state index in [9.17, 15) is 9.90 Å². The molecule has 1 unspecified atom stereocenters. The van der Waals surface area contributed by atoms with Gasteiger partial charge in [-0.25, -0.2) is 0 Å². The molecule has 3 heteroatoms. The van der Waals surface area contributed by atoms with Crippen LogP contribution in [-0.4, -0.2) is 11.1 Å². The number of carboxylic acid groups (broad SMARTS) is 1. The highest BCUT2D eigenvalue weighted by Crippen LogP contribution is 2.29. The van der Waals surface area contributed by atoms with Crippen molar-refractivity contribution < 1.29 is 14.3 Å². The van der Waals surface area contributed by atoms with Gasteiger partial charge >= 0.3 is 5.97 Å². The third-order valence-corrected chi connectivity index (χ3v) is 3.27. The molecule has 1 aromatic carbocycles. The van der Waals surface area contributed by atoms with Crippen LogP contribution in [0.4, 0.5) is 0 Å². The van der Waals surface area contributed by atoms with Gasteiger partial charge in [0.25, 0.3) is 0 Å². The summed E-state index contributed by atoms with van der Waals surface area (Å²) >= 11 is 0. The second-order valence-corrected chi connectivity index (χ2v) is 4.76. The number of hydrogen-bond donors (Lipinski definition) is 1. The van der Waals surface area contributed by atoms with E-state index < -0.39 is 11.4 Å². The van der Waals surface area contributed by atoms with Crippen molar-refractivity contribution in [2.75, 3.05) is 0 Å². The second-order valence-electron chi connectivity index (χ2n) is 4.76. The second kappa shape index (κ2) is 4.69. The van der Waals surface area contributed by atoms with Crippen LogP contribution in [0.3, 0.4) is 0 Å². The Morgan fingerprint density at radius 1 is 1.28 bits per heavy atom. The van der Waals surface area contributed by atoms with Gasteiger partial charge in [-0.1, -0.05) is 29.8 Å². The Labute approximate surface area is 106 Å². The van der Waals surface area contributed by atoms with Crippen molar-refractivity contribution in [2.24, 2.45) is 0 Å². The van der Waals surface area contributed by atoms with Crippen molar-refractivity contribution >= 4 is 5.97 Å². The molecule has 0 fully saturated rings. The number of aryl methyl sites for hydroxylation is 1. The molecule has 0 aliphatic heterocycles. The van der Waals surface area contributed by atoms with Crippen molar-refractivity contribution in [3.05, 3.63) is 59.5 Å². The van der Waals surface area contributed by atoms with Gasteiger partial charge in [0.05, 0.1) is 11.7 Å². The molecule has 0 aliphatic carbocycles. The summed E-state index contributed by atoms with van der Waals surface area (Å²) in [5.74, 6) is -0.164. The number of carboxylic acids is 1. The Kier molecular flexibility index (Phi) is 3.24. The van der Waals surface area contributed by atoms with Gasteiger partial charge in [-0.3, -0.25) is 4.79 Å². The molecule has 3 nitrogen and oxygen atoms in total. The van der Waals surface area contributed by atoms with Crippen molar-refractivity contribution in [1.82, 2.24) is 0 Å². The molecule has 0 radical (unpaired) electrons. The molecule has 1 N–H and O–H groups in total. The zero-order chi connectivity index (χ0) is 13.2. The zero-order valence-electron chi connectivity index (χ0n) is 10.5. The molecule has 0 spiro atoms. The first-order chi connectivity index (χ1) is 8.52. The van der Waals surface area contributed by atoms with Crippen LogP contribution in [0.25, 0.3) is 0 Å². The molecule has 0 aliphatic rings. The number of rotatable bonds is 4. The molecule has 1 heterocycles. The highest BCUT2D eigenvalue weighted by atomic mass is 16.4. The van der Waals surface area contributed by atoms with E-state index in [1.54, 1.807) is 25.3 Å². The van der Waals surface area contributed by atoms with Crippen molar-refractivity contribution in [3.8, 4) is 0 Å². The predicted molar refractivity (Wildman–Crippen MR) is 68.6 cm³/mol. The number of carbonyl (C=O) groups is 1. The molecule has 2 aromatic rings. The Morgan fingerprint density at radius 2 is 1.94 bits per heavy atom. The quantitative estimate of drug-likeness (QED) is 0.898. The first-order valence-corrected chi connectivity index (χ1v) is 5.85. The fraction of sp³-hybridized carbons (Fsp3) is 0.267. The number of hydrogen-bond acceptors (Lipinski definition) is 2. The third kappa shape index (κ3) is 2.30. The topological polar surface area (TPSA) is 50.4 Å². The maximum atomic E-state index is 11.6. The van der Waals surface area contributed by atoms with Crippen LogP contribution in [0.2, 0.25) is 0 Å². The van der Waals surface area contributed by atoms with Gasteiger partial charge in [0.1, 0.15) is 5.76 Å². The molecule has 1 aromatic heterocycles. The van der Waals surface area contributed by atoms with Crippen molar-refractivity contribution in [2.45, 2.75) is 25.7 Å². The van der Waals surface area contributed by atoms with E-state index in [1.807, 2.05) is 31.2 Å². The van der Waals surface area contributed by atoms with E-state index >= 15 is 0 Å². The average molecular weight is 244 g/mol. The lowest BCUT2D eigenvalue weighted by atomic mass is 9.78. The lowest BCUT2D eigenvalue weighted by Crippen LogP contribution is -2.34. The van der Waals surface area contributed by atoms with Crippen molar-refractivity contribution in [1.29, 1.82) is 0 Å². The minimum absolute atomic E-state index is 0.346. The van der Waals surface area contributed by atoms with Crippen molar-refractivity contribution in [3.63, 3.8) is 0 Å². The summed E-state index contributed by atoms with van der Waals surface area (Å²) in [4.78, 5) is 11.6. The Morgan fingerprint density at radius 3 is 2.44 bits per heavy atom. The van der Waals surface area contributed by atoms with Crippen LogP contribution in [0.5, 0.6) is 0 Å². The minimum atomic E-state index is -0.967. The summed E-state index contributed by atoms with van der Waals surface area (Å²) in [6.45, 7) is 3.71. The van der Waals surface area contributed by atoms with Gasteiger partial charge in [0.2, 0.25) is 0 Å². The maximum Gasteiger partial charge on any atom is 0.314 e. The zero-order valence-corrected chi connectivity index (χ0v) is 10.5. The normalized spacial score (nSPS) is 14.1. The number of aliphatic carboxylic acids is 1. The summed E-state index contributed by atoms with van der Waals surface area (Å²) in [5.41, 5.74) is 0.937. The first-order valence-electron chi connectivity index (χ1n) is 5.85. The van der Waals surface area contributed by atoms with E-state index in [-0.39, 0.29) is 0 Å². The molecule has 0 amide bonds. The molecule has 2 rings (SSSR count).